The number of nitrogens with one attached hydrogen (secondary N) is 2. The highest BCUT2D eigenvalue weighted by molar-refractivity contribution is 5.83. The van der Waals surface area contributed by atoms with Crippen molar-refractivity contribution in [1.82, 2.24) is 29.7 Å². The molecule has 0 unspecified atom stereocenters. The topological polar surface area (TPSA) is 171 Å². The summed E-state index contributed by atoms with van der Waals surface area (Å²) in [6.07, 6.45) is 6.45. The summed E-state index contributed by atoms with van der Waals surface area (Å²) in [4.78, 5) is 41.1. The zero-order chi connectivity index (χ0) is 34.6. The summed E-state index contributed by atoms with van der Waals surface area (Å²) in [5.41, 5.74) is -0.381. The fraction of sp³-hybridized carbons (Fsp3) is 0.719. The summed E-state index contributed by atoms with van der Waals surface area (Å²) >= 11 is 0. The molecule has 0 aliphatic carbocycles. The van der Waals surface area contributed by atoms with Crippen molar-refractivity contribution in [2.75, 3.05) is 38.1 Å². The van der Waals surface area contributed by atoms with Gasteiger partial charge < -0.3 is 39.4 Å². The second-order valence-electron chi connectivity index (χ2n) is 14.1. The highest BCUT2D eigenvalue weighted by Crippen LogP contribution is 2.44. The normalized spacial score (nSPS) is 22.9. The van der Waals surface area contributed by atoms with Gasteiger partial charge in [0.15, 0.2) is 29.0 Å². The number of aliphatic hydroxyl groups excluding tert-OH is 1. The number of aromatic nitrogens is 4. The molecule has 15 heteroatoms. The van der Waals surface area contributed by atoms with E-state index in [0.29, 0.717) is 43.0 Å². The van der Waals surface area contributed by atoms with E-state index >= 15 is 0 Å². The van der Waals surface area contributed by atoms with E-state index < -0.39 is 59.6 Å². The van der Waals surface area contributed by atoms with Crippen LogP contribution in [-0.4, -0.2) is 116 Å². The summed E-state index contributed by atoms with van der Waals surface area (Å²) in [5.74, 6) is 1.70. The molecule has 4 heterocycles. The van der Waals surface area contributed by atoms with Gasteiger partial charge in [-0.15, -0.1) is 12.3 Å². The van der Waals surface area contributed by atoms with Crippen molar-refractivity contribution >= 4 is 29.0 Å². The Morgan fingerprint density at radius 1 is 1.11 bits per heavy atom. The average Bonchev–Trinajstić information content (AvgIpc) is 3.60. The fourth-order valence-electron chi connectivity index (χ4n) is 5.52. The maximum Gasteiger partial charge on any atom is 0.408 e. The number of terminal acetylenes is 1. The smallest absolute Gasteiger partial charge is 0.408 e. The summed E-state index contributed by atoms with van der Waals surface area (Å²) in [5, 5.41) is 15.8. The third-order valence-electron chi connectivity index (χ3n) is 7.29. The van der Waals surface area contributed by atoms with Crippen LogP contribution in [0.5, 0.6) is 0 Å². The van der Waals surface area contributed by atoms with E-state index in [1.165, 1.54) is 6.33 Å². The first kappa shape index (κ1) is 36.3. The number of rotatable bonds is 13. The molecule has 15 nitrogen and oxygen atoms in total. The number of alkyl carbamates (subject to hydrolysis) is 1. The predicted molar refractivity (Wildman–Crippen MR) is 172 cm³/mol. The molecule has 3 N–H and O–H groups in total. The minimum atomic E-state index is -0.985. The molecule has 2 aromatic rings. The molecule has 5 atom stereocenters. The van der Waals surface area contributed by atoms with Crippen LogP contribution < -0.4 is 10.6 Å². The van der Waals surface area contributed by atoms with E-state index in [-0.39, 0.29) is 19.6 Å². The van der Waals surface area contributed by atoms with Crippen LogP contribution in [0.15, 0.2) is 12.7 Å². The van der Waals surface area contributed by atoms with Gasteiger partial charge in [-0.05, 0) is 61.8 Å². The highest BCUT2D eigenvalue weighted by atomic mass is 16.8. The molecule has 0 spiro atoms. The van der Waals surface area contributed by atoms with Crippen LogP contribution in [0.25, 0.3) is 11.2 Å². The molecular formula is C32H49N7O8. The van der Waals surface area contributed by atoms with E-state index in [1.54, 1.807) is 47.9 Å². The van der Waals surface area contributed by atoms with Gasteiger partial charge in [-0.2, -0.15) is 0 Å². The quantitative estimate of drug-likeness (QED) is 0.163. The lowest BCUT2D eigenvalue weighted by Crippen LogP contribution is -2.48. The van der Waals surface area contributed by atoms with Gasteiger partial charge in [0.25, 0.3) is 0 Å². The largest absolute Gasteiger partial charge is 0.458 e. The molecule has 2 saturated heterocycles. The molecule has 2 aromatic heterocycles. The summed E-state index contributed by atoms with van der Waals surface area (Å²) < 4.78 is 32.1. The van der Waals surface area contributed by atoms with Crippen molar-refractivity contribution in [2.45, 2.75) is 116 Å². The van der Waals surface area contributed by atoms with Crippen LogP contribution in [-0.2, 0) is 28.5 Å². The van der Waals surface area contributed by atoms with Crippen LogP contribution in [0, 0.1) is 12.3 Å². The van der Waals surface area contributed by atoms with Crippen LogP contribution in [0.1, 0.15) is 74.5 Å². The molecule has 0 radical (unpaired) electrons. The van der Waals surface area contributed by atoms with Gasteiger partial charge in [0.2, 0.25) is 0 Å². The molecule has 0 saturated carbocycles. The second kappa shape index (κ2) is 14.7. The number of nitrogens with zero attached hydrogens (tertiary/aromatic N) is 5. The fourth-order valence-corrected chi connectivity index (χ4v) is 5.52. The van der Waals surface area contributed by atoms with Crippen molar-refractivity contribution in [3.63, 3.8) is 0 Å². The molecule has 1 amide bonds. The minimum Gasteiger partial charge on any atom is -0.458 e. The molecule has 2 aliphatic heterocycles. The molecule has 2 aliphatic rings. The molecule has 0 bridgehead atoms. The van der Waals surface area contributed by atoms with Gasteiger partial charge in [0.05, 0.1) is 12.9 Å². The third kappa shape index (κ3) is 9.74. The summed E-state index contributed by atoms with van der Waals surface area (Å²) in [7, 11) is 0. The Labute approximate surface area is 276 Å². The van der Waals surface area contributed by atoms with Gasteiger partial charge >= 0.3 is 12.1 Å². The lowest BCUT2D eigenvalue weighted by Gasteiger charge is -2.30. The Balaban J connectivity index is 1.52. The van der Waals surface area contributed by atoms with Gasteiger partial charge in [-0.1, -0.05) is 0 Å². The summed E-state index contributed by atoms with van der Waals surface area (Å²) in [6, 6.07) is -0.985. The maximum absolute atomic E-state index is 13.1. The van der Waals surface area contributed by atoms with Crippen molar-refractivity contribution in [1.29, 1.82) is 0 Å². The predicted octanol–water partition coefficient (Wildman–Crippen LogP) is 2.60. The number of ether oxygens (including phenoxy) is 5. The van der Waals surface area contributed by atoms with Crippen molar-refractivity contribution < 1.29 is 38.4 Å². The molecule has 0 aromatic carbocycles. The third-order valence-corrected chi connectivity index (χ3v) is 7.29. The van der Waals surface area contributed by atoms with E-state index in [9.17, 15) is 14.7 Å². The first-order valence-corrected chi connectivity index (χ1v) is 15.9. The lowest BCUT2D eigenvalue weighted by molar-refractivity contribution is -0.198. The van der Waals surface area contributed by atoms with E-state index in [0.717, 1.165) is 0 Å². The van der Waals surface area contributed by atoms with Crippen LogP contribution in [0.2, 0.25) is 0 Å². The van der Waals surface area contributed by atoms with E-state index in [4.69, 9.17) is 30.1 Å². The molecular weight excluding hydrogens is 610 g/mol. The Kier molecular flexibility index (Phi) is 11.3. The number of imidazole rings is 1. The van der Waals surface area contributed by atoms with E-state index in [1.807, 2.05) is 23.3 Å². The average molecular weight is 660 g/mol. The highest BCUT2D eigenvalue weighted by Gasteiger charge is 2.56. The van der Waals surface area contributed by atoms with Crippen molar-refractivity contribution in [2.24, 2.45) is 0 Å². The monoisotopic (exact) mass is 659 g/mol. The number of carbonyl (C=O) groups is 2. The van der Waals surface area contributed by atoms with Crippen molar-refractivity contribution in [3.05, 3.63) is 12.7 Å². The van der Waals surface area contributed by atoms with Crippen LogP contribution >= 0.6 is 0 Å². The first-order chi connectivity index (χ1) is 22.0. The maximum atomic E-state index is 13.1. The number of anilines is 1. The van der Waals surface area contributed by atoms with Crippen LogP contribution in [0.4, 0.5) is 10.6 Å². The van der Waals surface area contributed by atoms with Gasteiger partial charge in [-0.3, -0.25) is 9.47 Å². The molecule has 2 fully saturated rings. The minimum absolute atomic E-state index is 0.137. The van der Waals surface area contributed by atoms with Crippen LogP contribution in [0.3, 0.4) is 0 Å². The summed E-state index contributed by atoms with van der Waals surface area (Å²) in [6.45, 7) is 15.5. The SMILES string of the molecule is C#CCCNc1ncnc2c1ncn2[C@@H]1O[C@H](CN(CCO)CC[C@H](NC(=O)OC(C)(C)C)C(=O)OC(C)(C)C)[C@H]2OC(C)(C)O[C@H]21. The van der Waals surface area contributed by atoms with Gasteiger partial charge in [0, 0.05) is 32.6 Å². The second-order valence-corrected chi connectivity index (χ2v) is 14.1. The molecule has 47 heavy (non-hydrogen) atoms. The number of aliphatic hydroxyl groups is 1. The van der Waals surface area contributed by atoms with Gasteiger partial charge in [-0.25, -0.2) is 24.5 Å². The number of esters is 1. The number of hydrogen-bond donors (Lipinski definition) is 3. The number of amides is 1. The zero-order valence-corrected chi connectivity index (χ0v) is 28.6. The van der Waals surface area contributed by atoms with E-state index in [2.05, 4.69) is 31.5 Å². The number of fused-ring (bicyclic) bond motifs is 2. The number of hydrogen-bond acceptors (Lipinski definition) is 13. The lowest BCUT2D eigenvalue weighted by atomic mass is 10.1. The number of carbonyl (C=O) groups excluding carboxylic acids is 2. The Morgan fingerprint density at radius 3 is 2.47 bits per heavy atom. The van der Waals surface area contributed by atoms with Gasteiger partial charge in [0.1, 0.15) is 41.9 Å². The van der Waals surface area contributed by atoms with Crippen molar-refractivity contribution in [3.8, 4) is 12.3 Å². The standard InChI is InChI=1S/C32H49N7O8/c1-10-11-13-33-25-22-26(35-18-34-25)39(19-36-22)27-24-23(44-32(8,9)45-24)21(43-27)17-38(15-16-40)14-12-20(28(41)46-30(2,3)4)37-29(42)47-31(5,6)7/h1,18-21,23-24,27,40H,11-17H2,2-9H3,(H,37,42)(H,33,34,35)/t20-,21+,23+,24+,27+/m0/s1. The zero-order valence-electron chi connectivity index (χ0n) is 28.6. The Morgan fingerprint density at radius 2 is 1.81 bits per heavy atom. The Bertz CT molecular complexity index is 1430. The molecule has 260 valence electrons. The Hall–Kier alpha value is -3.55. The first-order valence-electron chi connectivity index (χ1n) is 15.9. The molecule has 4 rings (SSSR count).